The number of anilines is 1. The Hall–Kier alpha value is -2.67. The van der Waals surface area contributed by atoms with Crippen molar-refractivity contribution < 1.29 is 10.0 Å². The predicted octanol–water partition coefficient (Wildman–Crippen LogP) is 2.98. The number of aromatic hydroxyl groups is 1. The number of phenolic OH excluding ortho intramolecular Hbond substituents is 1. The number of piperidine rings is 1. The number of nitro benzene ring substituents is 1. The van der Waals surface area contributed by atoms with Crippen molar-refractivity contribution in [3.05, 3.63) is 57.8 Å². The summed E-state index contributed by atoms with van der Waals surface area (Å²) in [6.45, 7) is 3.06. The van der Waals surface area contributed by atoms with Gasteiger partial charge in [0, 0.05) is 50.1 Å². The van der Waals surface area contributed by atoms with Gasteiger partial charge in [-0.15, -0.1) is 0 Å². The lowest BCUT2D eigenvalue weighted by Crippen LogP contribution is -2.30. The van der Waals surface area contributed by atoms with E-state index in [0.717, 1.165) is 24.5 Å². The van der Waals surface area contributed by atoms with E-state index in [9.17, 15) is 15.2 Å². The lowest BCUT2D eigenvalue weighted by molar-refractivity contribution is -0.384. The van der Waals surface area contributed by atoms with Gasteiger partial charge >= 0.3 is 0 Å². The average Bonchev–Trinajstić information content (AvgIpc) is 2.64. The number of aromatic nitrogens is 1. The molecule has 25 heavy (non-hydrogen) atoms. The maximum absolute atomic E-state index is 10.8. The molecule has 3 rings (SSSR count). The van der Waals surface area contributed by atoms with Crippen LogP contribution in [0.4, 0.5) is 11.5 Å². The van der Waals surface area contributed by atoms with E-state index in [1.807, 2.05) is 18.3 Å². The molecule has 0 radical (unpaired) electrons. The van der Waals surface area contributed by atoms with E-state index in [1.165, 1.54) is 37.5 Å². The van der Waals surface area contributed by atoms with Gasteiger partial charge in [-0.1, -0.05) is 6.07 Å². The van der Waals surface area contributed by atoms with E-state index in [4.69, 9.17) is 0 Å². The first-order valence-corrected chi connectivity index (χ1v) is 8.50. The van der Waals surface area contributed by atoms with Crippen LogP contribution in [-0.2, 0) is 13.1 Å². The summed E-state index contributed by atoms with van der Waals surface area (Å²) in [5.74, 6) is 1.07. The van der Waals surface area contributed by atoms with Crippen LogP contribution in [0.15, 0.2) is 36.5 Å². The zero-order valence-corrected chi connectivity index (χ0v) is 14.0. The zero-order chi connectivity index (χ0) is 17.6. The quantitative estimate of drug-likeness (QED) is 0.619. The first-order valence-electron chi connectivity index (χ1n) is 8.50. The number of pyridine rings is 1. The molecule has 0 bridgehead atoms. The molecule has 1 aliphatic heterocycles. The molecule has 0 amide bonds. The highest BCUT2D eigenvalue weighted by Gasteiger charge is 2.12. The van der Waals surface area contributed by atoms with Crippen LogP contribution in [0.25, 0.3) is 0 Å². The van der Waals surface area contributed by atoms with Crippen LogP contribution < -0.4 is 10.2 Å². The monoisotopic (exact) mass is 342 g/mol. The normalized spacial score (nSPS) is 14.5. The molecule has 0 atom stereocenters. The summed E-state index contributed by atoms with van der Waals surface area (Å²) in [5.41, 5.74) is 1.51. The molecule has 2 N–H and O–H groups in total. The number of hydrogen-bond donors (Lipinski definition) is 2. The van der Waals surface area contributed by atoms with Gasteiger partial charge in [0.05, 0.1) is 4.92 Å². The molecule has 0 spiro atoms. The van der Waals surface area contributed by atoms with Crippen LogP contribution in [0.5, 0.6) is 5.75 Å². The second kappa shape index (κ2) is 7.94. The summed E-state index contributed by atoms with van der Waals surface area (Å²) in [5, 5.41) is 23.8. The van der Waals surface area contributed by atoms with Crippen molar-refractivity contribution in [3.63, 3.8) is 0 Å². The van der Waals surface area contributed by atoms with Crippen molar-refractivity contribution in [1.82, 2.24) is 10.3 Å². The standard InChI is InChI=1S/C18H22N4O3/c23-17-6-5-16(22(24)25)10-15(17)13-19-11-14-4-7-18(20-12-14)21-8-2-1-3-9-21/h4-7,10,12,19,23H,1-3,8-9,11,13H2. The molecule has 0 unspecified atom stereocenters. The molecule has 0 aliphatic carbocycles. The second-order valence-corrected chi connectivity index (χ2v) is 6.25. The van der Waals surface area contributed by atoms with Gasteiger partial charge in [-0.3, -0.25) is 10.1 Å². The molecule has 1 aliphatic rings. The number of hydrogen-bond acceptors (Lipinski definition) is 6. The van der Waals surface area contributed by atoms with E-state index in [-0.39, 0.29) is 11.4 Å². The zero-order valence-electron chi connectivity index (χ0n) is 14.0. The molecule has 2 heterocycles. The highest BCUT2D eigenvalue weighted by molar-refractivity contribution is 5.43. The lowest BCUT2D eigenvalue weighted by Gasteiger charge is -2.27. The first-order chi connectivity index (χ1) is 12.1. The largest absolute Gasteiger partial charge is 0.508 e. The summed E-state index contributed by atoms with van der Waals surface area (Å²) >= 11 is 0. The van der Waals surface area contributed by atoms with Gasteiger partial charge in [-0.25, -0.2) is 4.98 Å². The fourth-order valence-corrected chi connectivity index (χ4v) is 3.00. The lowest BCUT2D eigenvalue weighted by atomic mass is 10.1. The van der Waals surface area contributed by atoms with Crippen molar-refractivity contribution >= 4 is 11.5 Å². The molecule has 2 aromatic rings. The van der Waals surface area contributed by atoms with Crippen LogP contribution in [0.3, 0.4) is 0 Å². The van der Waals surface area contributed by atoms with Crippen LogP contribution in [0.1, 0.15) is 30.4 Å². The number of nitrogens with one attached hydrogen (secondary N) is 1. The van der Waals surface area contributed by atoms with Crippen molar-refractivity contribution in [1.29, 1.82) is 0 Å². The molecule has 1 saturated heterocycles. The van der Waals surface area contributed by atoms with Crippen molar-refractivity contribution in [3.8, 4) is 5.75 Å². The minimum atomic E-state index is -0.466. The van der Waals surface area contributed by atoms with Crippen LogP contribution in [-0.4, -0.2) is 28.1 Å². The fraction of sp³-hybridized carbons (Fsp3) is 0.389. The molecular formula is C18H22N4O3. The van der Waals surface area contributed by atoms with E-state index in [1.54, 1.807) is 0 Å². The highest BCUT2D eigenvalue weighted by Crippen LogP contribution is 2.23. The van der Waals surface area contributed by atoms with Crippen molar-refractivity contribution in [2.45, 2.75) is 32.4 Å². The molecule has 1 aromatic heterocycles. The summed E-state index contributed by atoms with van der Waals surface area (Å²) in [4.78, 5) is 17.2. The smallest absolute Gasteiger partial charge is 0.270 e. The molecule has 132 valence electrons. The Labute approximate surface area is 146 Å². The van der Waals surface area contributed by atoms with E-state index in [0.29, 0.717) is 18.7 Å². The molecule has 1 aromatic carbocycles. The number of phenols is 1. The Morgan fingerprint density at radius 2 is 1.96 bits per heavy atom. The second-order valence-electron chi connectivity index (χ2n) is 6.25. The molecule has 0 saturated carbocycles. The maximum Gasteiger partial charge on any atom is 0.270 e. The number of benzene rings is 1. The van der Waals surface area contributed by atoms with Gasteiger partial charge in [0.1, 0.15) is 11.6 Å². The van der Waals surface area contributed by atoms with Crippen LogP contribution in [0.2, 0.25) is 0 Å². The third kappa shape index (κ3) is 4.45. The molecule has 7 nitrogen and oxygen atoms in total. The van der Waals surface area contributed by atoms with Gasteiger partial charge < -0.3 is 15.3 Å². The Bertz CT molecular complexity index is 728. The van der Waals surface area contributed by atoms with Crippen molar-refractivity contribution in [2.75, 3.05) is 18.0 Å². The number of nitrogens with zero attached hydrogens (tertiary/aromatic N) is 3. The summed E-state index contributed by atoms with van der Waals surface area (Å²) < 4.78 is 0. The number of non-ortho nitro benzene ring substituents is 1. The summed E-state index contributed by atoms with van der Waals surface area (Å²) in [6.07, 6.45) is 5.59. The fourth-order valence-electron chi connectivity index (χ4n) is 3.00. The van der Waals surface area contributed by atoms with Crippen LogP contribution >= 0.6 is 0 Å². The Kier molecular flexibility index (Phi) is 5.45. The Morgan fingerprint density at radius 3 is 2.64 bits per heavy atom. The summed E-state index contributed by atoms with van der Waals surface area (Å²) in [7, 11) is 0. The minimum absolute atomic E-state index is 0.0258. The van der Waals surface area contributed by atoms with Crippen molar-refractivity contribution in [2.24, 2.45) is 0 Å². The third-order valence-corrected chi connectivity index (χ3v) is 4.41. The minimum Gasteiger partial charge on any atom is -0.508 e. The predicted molar refractivity (Wildman–Crippen MR) is 95.6 cm³/mol. The Balaban J connectivity index is 1.55. The SMILES string of the molecule is O=[N+]([O-])c1ccc(O)c(CNCc2ccc(N3CCCCC3)nc2)c1. The van der Waals surface area contributed by atoms with Gasteiger partial charge in [0.15, 0.2) is 0 Å². The number of rotatable bonds is 6. The van der Waals surface area contributed by atoms with Gasteiger partial charge in [-0.05, 0) is 37.0 Å². The van der Waals surface area contributed by atoms with E-state index < -0.39 is 4.92 Å². The molecule has 7 heteroatoms. The highest BCUT2D eigenvalue weighted by atomic mass is 16.6. The van der Waals surface area contributed by atoms with Crippen LogP contribution in [0, 0.1) is 10.1 Å². The van der Waals surface area contributed by atoms with Gasteiger partial charge in [0.25, 0.3) is 5.69 Å². The molecular weight excluding hydrogens is 320 g/mol. The first kappa shape index (κ1) is 17.2. The Morgan fingerprint density at radius 1 is 1.16 bits per heavy atom. The van der Waals surface area contributed by atoms with E-state index >= 15 is 0 Å². The van der Waals surface area contributed by atoms with E-state index in [2.05, 4.69) is 15.2 Å². The number of nitro groups is 1. The van der Waals surface area contributed by atoms with Gasteiger partial charge in [-0.2, -0.15) is 0 Å². The third-order valence-electron chi connectivity index (χ3n) is 4.41. The average molecular weight is 342 g/mol. The van der Waals surface area contributed by atoms with Gasteiger partial charge in [0.2, 0.25) is 0 Å². The maximum atomic E-state index is 10.8. The summed E-state index contributed by atoms with van der Waals surface area (Å²) in [6, 6.07) is 8.11. The molecule has 1 fully saturated rings. The topological polar surface area (TPSA) is 91.5 Å².